The van der Waals surface area contributed by atoms with E-state index in [1.54, 1.807) is 18.2 Å². The summed E-state index contributed by atoms with van der Waals surface area (Å²) in [5, 5.41) is 3.17. The van der Waals surface area contributed by atoms with Crippen LogP contribution < -0.4 is 5.32 Å². The zero-order valence-corrected chi connectivity index (χ0v) is 8.24. The molecule has 0 bridgehead atoms. The fourth-order valence-electron chi connectivity index (χ4n) is 0.872. The van der Waals surface area contributed by atoms with Crippen LogP contribution in [0.4, 0.5) is 10.1 Å². The quantitative estimate of drug-likeness (QED) is 0.819. The molecule has 0 heterocycles. The molecule has 0 saturated heterocycles. The number of hydrogen-bond donors (Lipinski definition) is 1. The van der Waals surface area contributed by atoms with Gasteiger partial charge in [0.05, 0.1) is 10.7 Å². The molecule has 0 unspecified atom stereocenters. The van der Waals surface area contributed by atoms with E-state index in [0.717, 1.165) is 0 Å². The van der Waals surface area contributed by atoms with Crippen LogP contribution in [-0.4, -0.2) is 6.54 Å². The van der Waals surface area contributed by atoms with Crippen LogP contribution in [0.15, 0.2) is 29.8 Å². The molecule has 70 valence electrons. The molecule has 0 radical (unpaired) electrons. The first-order chi connectivity index (χ1) is 6.25. The summed E-state index contributed by atoms with van der Waals surface area (Å²) >= 11 is 11.0. The lowest BCUT2D eigenvalue weighted by molar-refractivity contribution is 0.631. The van der Waals surface area contributed by atoms with Gasteiger partial charge in [-0.3, -0.25) is 0 Å². The lowest BCUT2D eigenvalue weighted by Gasteiger charge is -2.06. The van der Waals surface area contributed by atoms with Gasteiger partial charge in [0.2, 0.25) is 0 Å². The minimum absolute atomic E-state index is 0.305. The summed E-state index contributed by atoms with van der Waals surface area (Å²) in [6.07, 6.45) is 1.66. The maximum atomic E-state index is 13.1. The zero-order valence-electron chi connectivity index (χ0n) is 6.73. The third-order valence-electron chi connectivity index (χ3n) is 1.45. The second-order valence-corrected chi connectivity index (χ2v) is 3.00. The molecular weight excluding hydrogens is 212 g/mol. The lowest BCUT2D eigenvalue weighted by Crippen LogP contribution is -2.00. The van der Waals surface area contributed by atoms with E-state index in [1.807, 2.05) is 0 Å². The van der Waals surface area contributed by atoms with Crippen LogP contribution in [0, 0.1) is 5.82 Å². The Morgan fingerprint density at radius 1 is 1.46 bits per heavy atom. The first-order valence-corrected chi connectivity index (χ1v) is 4.50. The van der Waals surface area contributed by atoms with Crippen LogP contribution in [0.5, 0.6) is 0 Å². The van der Waals surface area contributed by atoms with Crippen LogP contribution in [0.2, 0.25) is 5.02 Å². The molecule has 0 spiro atoms. The van der Waals surface area contributed by atoms with Gasteiger partial charge in [-0.1, -0.05) is 35.3 Å². The molecule has 0 aliphatic carbocycles. The first kappa shape index (κ1) is 10.4. The Morgan fingerprint density at radius 2 is 2.23 bits per heavy atom. The molecule has 1 aromatic carbocycles. The van der Waals surface area contributed by atoms with Crippen molar-refractivity contribution < 1.29 is 4.39 Å². The monoisotopic (exact) mass is 219 g/mol. The largest absolute Gasteiger partial charge is 0.378 e. The summed E-state index contributed by atoms with van der Waals surface area (Å²) in [5.74, 6) is -0.365. The third kappa shape index (κ3) is 2.90. The molecule has 1 nitrogen and oxygen atoms in total. The van der Waals surface area contributed by atoms with E-state index in [9.17, 15) is 4.39 Å². The molecule has 0 aromatic heterocycles. The van der Waals surface area contributed by atoms with Gasteiger partial charge < -0.3 is 5.32 Å². The second kappa shape index (κ2) is 5.10. The van der Waals surface area contributed by atoms with E-state index in [4.69, 9.17) is 23.2 Å². The third-order valence-corrected chi connectivity index (χ3v) is 1.94. The van der Waals surface area contributed by atoms with Crippen LogP contribution >= 0.6 is 23.2 Å². The number of benzene rings is 1. The van der Waals surface area contributed by atoms with E-state index < -0.39 is 0 Å². The fourth-order valence-corrected chi connectivity index (χ4v) is 1.19. The van der Waals surface area contributed by atoms with Crippen LogP contribution in [-0.2, 0) is 0 Å². The van der Waals surface area contributed by atoms with Gasteiger partial charge in [0.15, 0.2) is 0 Å². The Kier molecular flexibility index (Phi) is 4.06. The summed E-state index contributed by atoms with van der Waals surface area (Å²) in [4.78, 5) is 0. The van der Waals surface area contributed by atoms with Crippen molar-refractivity contribution >= 4 is 28.9 Å². The minimum atomic E-state index is -0.365. The van der Waals surface area contributed by atoms with E-state index in [1.165, 1.54) is 11.6 Å². The predicted octanol–water partition coefficient (Wildman–Crippen LogP) is 3.64. The lowest BCUT2D eigenvalue weighted by atomic mass is 10.3. The van der Waals surface area contributed by atoms with Crippen molar-refractivity contribution in [2.45, 2.75) is 0 Å². The average Bonchev–Trinajstić information content (AvgIpc) is 2.10. The topological polar surface area (TPSA) is 12.0 Å². The Morgan fingerprint density at radius 3 is 2.85 bits per heavy atom. The molecule has 0 aliphatic rings. The highest BCUT2D eigenvalue weighted by Crippen LogP contribution is 2.24. The van der Waals surface area contributed by atoms with Crippen molar-refractivity contribution in [3.63, 3.8) is 0 Å². The van der Waals surface area contributed by atoms with E-state index in [-0.39, 0.29) is 5.82 Å². The molecule has 0 atom stereocenters. The number of anilines is 1. The molecular formula is C9H8Cl2FN. The van der Waals surface area contributed by atoms with Crippen LogP contribution in [0.1, 0.15) is 0 Å². The van der Waals surface area contributed by atoms with Crippen molar-refractivity contribution in [2.75, 3.05) is 11.9 Å². The maximum absolute atomic E-state index is 13.1. The summed E-state index contributed by atoms with van der Waals surface area (Å²) in [6.45, 7) is 0.449. The first-order valence-electron chi connectivity index (χ1n) is 3.69. The van der Waals surface area contributed by atoms with Gasteiger partial charge in [-0.2, -0.15) is 0 Å². The molecule has 4 heteroatoms. The summed E-state index contributed by atoms with van der Waals surface area (Å²) < 4.78 is 13.1. The predicted molar refractivity (Wildman–Crippen MR) is 54.9 cm³/mol. The van der Waals surface area contributed by atoms with E-state index >= 15 is 0 Å². The van der Waals surface area contributed by atoms with Gasteiger partial charge in [0.25, 0.3) is 0 Å². The van der Waals surface area contributed by atoms with Crippen molar-refractivity contribution in [2.24, 2.45) is 0 Å². The highest BCUT2D eigenvalue weighted by molar-refractivity contribution is 6.33. The SMILES string of the molecule is Fc1cccc(Cl)c1NC/C=C/Cl. The van der Waals surface area contributed by atoms with Crippen molar-refractivity contribution in [3.8, 4) is 0 Å². The molecule has 0 fully saturated rings. The second-order valence-electron chi connectivity index (χ2n) is 2.34. The number of nitrogens with one attached hydrogen (secondary N) is 1. The maximum Gasteiger partial charge on any atom is 0.147 e. The Hall–Kier alpha value is -0.730. The highest BCUT2D eigenvalue weighted by Gasteiger charge is 2.03. The van der Waals surface area contributed by atoms with Gasteiger partial charge >= 0.3 is 0 Å². The Balaban J connectivity index is 2.75. The number of halogens is 3. The van der Waals surface area contributed by atoms with Crippen molar-refractivity contribution in [3.05, 3.63) is 40.7 Å². The summed E-state index contributed by atoms with van der Waals surface area (Å²) in [7, 11) is 0. The molecule has 13 heavy (non-hydrogen) atoms. The van der Waals surface area contributed by atoms with E-state index in [2.05, 4.69) is 5.32 Å². The van der Waals surface area contributed by atoms with Crippen LogP contribution in [0.3, 0.4) is 0 Å². The average molecular weight is 220 g/mol. The van der Waals surface area contributed by atoms with Crippen molar-refractivity contribution in [1.29, 1.82) is 0 Å². The highest BCUT2D eigenvalue weighted by atomic mass is 35.5. The van der Waals surface area contributed by atoms with Gasteiger partial charge in [-0.05, 0) is 12.1 Å². The zero-order chi connectivity index (χ0) is 9.68. The molecule has 0 aliphatic heterocycles. The molecule has 1 aromatic rings. The van der Waals surface area contributed by atoms with Crippen LogP contribution in [0.25, 0.3) is 0 Å². The molecule has 0 amide bonds. The normalized spacial score (nSPS) is 10.7. The standard InChI is InChI=1S/C9H8Cl2FN/c10-5-2-6-13-9-7(11)3-1-4-8(9)12/h1-5,13H,6H2/b5-2+. The fraction of sp³-hybridized carbons (Fsp3) is 0.111. The van der Waals surface area contributed by atoms with Gasteiger partial charge in [-0.25, -0.2) is 4.39 Å². The smallest absolute Gasteiger partial charge is 0.147 e. The summed E-state index contributed by atoms with van der Waals surface area (Å²) in [6, 6.07) is 4.52. The number of hydrogen-bond acceptors (Lipinski definition) is 1. The molecule has 1 N–H and O–H groups in total. The molecule has 1 rings (SSSR count). The van der Waals surface area contributed by atoms with Gasteiger partial charge in [0, 0.05) is 12.1 Å². The number of para-hydroxylation sites is 1. The Labute approximate surface area is 86.2 Å². The summed E-state index contributed by atoms with van der Waals surface area (Å²) in [5.41, 5.74) is 1.67. The van der Waals surface area contributed by atoms with Gasteiger partial charge in [0.1, 0.15) is 5.82 Å². The molecule has 0 saturated carbocycles. The van der Waals surface area contributed by atoms with Gasteiger partial charge in [-0.15, -0.1) is 0 Å². The minimum Gasteiger partial charge on any atom is -0.378 e. The Bertz CT molecular complexity index is 292. The van der Waals surface area contributed by atoms with E-state index in [0.29, 0.717) is 17.3 Å². The van der Waals surface area contributed by atoms with Crippen molar-refractivity contribution in [1.82, 2.24) is 0 Å². The number of rotatable bonds is 3.